The van der Waals surface area contributed by atoms with Crippen LogP contribution in [0.4, 0.5) is 0 Å². The summed E-state index contributed by atoms with van der Waals surface area (Å²) in [7, 11) is 3.04. The number of benzene rings is 1. The summed E-state index contributed by atoms with van der Waals surface area (Å²) in [5.74, 6) is -0.105. The van der Waals surface area contributed by atoms with Gasteiger partial charge in [-0.25, -0.2) is 4.79 Å². The number of nitrogens with zero attached hydrogens (tertiary/aromatic N) is 4. The molecule has 0 saturated heterocycles. The number of aromatic nitrogens is 3. The van der Waals surface area contributed by atoms with Gasteiger partial charge < -0.3 is 15.2 Å². The molecule has 0 atom stereocenters. The van der Waals surface area contributed by atoms with Crippen molar-refractivity contribution < 1.29 is 4.79 Å². The zero-order chi connectivity index (χ0) is 20.3. The third kappa shape index (κ3) is 4.60. The summed E-state index contributed by atoms with van der Waals surface area (Å²) in [6.45, 7) is 1.41. The van der Waals surface area contributed by atoms with Crippen LogP contribution < -0.4 is 17.0 Å². The molecule has 1 amide bonds. The minimum atomic E-state index is -0.423. The molecule has 29 heavy (non-hydrogen) atoms. The Labute approximate surface area is 174 Å². The summed E-state index contributed by atoms with van der Waals surface area (Å²) in [6.07, 6.45) is 2.40. The summed E-state index contributed by atoms with van der Waals surface area (Å²) in [6, 6.07) is 11.6. The fraction of sp³-hybridized carbons (Fsp3) is 0.350. The van der Waals surface area contributed by atoms with Gasteiger partial charge in [0.05, 0.1) is 5.39 Å². The third-order valence-electron chi connectivity index (χ3n) is 4.93. The number of rotatable bonds is 7. The average molecular weight is 420 g/mol. The van der Waals surface area contributed by atoms with E-state index in [-0.39, 0.29) is 30.4 Å². The van der Waals surface area contributed by atoms with Gasteiger partial charge in [0.2, 0.25) is 5.91 Å². The molecule has 2 aromatic heterocycles. The quantitative estimate of drug-likeness (QED) is 0.603. The van der Waals surface area contributed by atoms with Crippen molar-refractivity contribution in [2.24, 2.45) is 19.8 Å². The summed E-state index contributed by atoms with van der Waals surface area (Å²) in [5, 5.41) is 0.409. The highest BCUT2D eigenvalue weighted by molar-refractivity contribution is 5.85. The maximum Gasteiger partial charge on any atom is 0.332 e. The van der Waals surface area contributed by atoms with E-state index in [0.29, 0.717) is 30.7 Å². The molecule has 9 heteroatoms. The molecule has 0 fully saturated rings. The zero-order valence-corrected chi connectivity index (χ0v) is 17.4. The SMILES string of the molecule is Cl.Cn1c(=O)c2ccn(CC(=O)N(CCN)CCc3ccccc3)c2n(C)c1=O. The number of aryl methyl sites for hydroxylation is 1. The second kappa shape index (κ2) is 9.58. The molecule has 3 rings (SSSR count). The number of fused-ring (bicyclic) bond motifs is 1. The lowest BCUT2D eigenvalue weighted by molar-refractivity contribution is -0.131. The summed E-state index contributed by atoms with van der Waals surface area (Å²) in [5.41, 5.74) is 6.49. The van der Waals surface area contributed by atoms with E-state index >= 15 is 0 Å². The van der Waals surface area contributed by atoms with Gasteiger partial charge in [0, 0.05) is 39.9 Å². The van der Waals surface area contributed by atoms with E-state index in [4.69, 9.17) is 5.73 Å². The van der Waals surface area contributed by atoms with Crippen molar-refractivity contribution in [1.29, 1.82) is 0 Å². The maximum absolute atomic E-state index is 12.9. The number of hydrogen-bond donors (Lipinski definition) is 1. The molecule has 0 radical (unpaired) electrons. The lowest BCUT2D eigenvalue weighted by Crippen LogP contribution is -2.40. The minimum Gasteiger partial charge on any atom is -0.340 e. The molecular weight excluding hydrogens is 394 g/mol. The molecule has 156 valence electrons. The Morgan fingerprint density at radius 2 is 1.72 bits per heavy atom. The monoisotopic (exact) mass is 419 g/mol. The van der Waals surface area contributed by atoms with Gasteiger partial charge in [-0.2, -0.15) is 0 Å². The summed E-state index contributed by atoms with van der Waals surface area (Å²) in [4.78, 5) is 39.2. The zero-order valence-electron chi connectivity index (χ0n) is 16.6. The lowest BCUT2D eigenvalue weighted by Gasteiger charge is -2.23. The third-order valence-corrected chi connectivity index (χ3v) is 4.93. The van der Waals surface area contributed by atoms with Crippen LogP contribution in [0.15, 0.2) is 52.2 Å². The molecule has 0 aliphatic rings. The molecular formula is C20H26ClN5O3. The highest BCUT2D eigenvalue weighted by Crippen LogP contribution is 2.10. The van der Waals surface area contributed by atoms with Crippen molar-refractivity contribution in [2.45, 2.75) is 13.0 Å². The van der Waals surface area contributed by atoms with Crippen molar-refractivity contribution in [3.05, 3.63) is 69.0 Å². The fourth-order valence-electron chi connectivity index (χ4n) is 3.39. The van der Waals surface area contributed by atoms with Crippen molar-refractivity contribution in [2.75, 3.05) is 19.6 Å². The highest BCUT2D eigenvalue weighted by Gasteiger charge is 2.17. The number of halogens is 1. The van der Waals surface area contributed by atoms with Crippen LogP contribution in [0.3, 0.4) is 0 Å². The van der Waals surface area contributed by atoms with Gasteiger partial charge in [0.15, 0.2) is 0 Å². The molecule has 0 spiro atoms. The first kappa shape index (κ1) is 22.4. The van der Waals surface area contributed by atoms with Crippen LogP contribution in [-0.2, 0) is 31.9 Å². The van der Waals surface area contributed by atoms with Gasteiger partial charge in [-0.1, -0.05) is 30.3 Å². The Morgan fingerprint density at radius 1 is 1.03 bits per heavy atom. The molecule has 3 aromatic rings. The summed E-state index contributed by atoms with van der Waals surface area (Å²) < 4.78 is 4.10. The number of nitrogens with two attached hydrogens (primary N) is 1. The van der Waals surface area contributed by atoms with Gasteiger partial charge in [-0.15, -0.1) is 12.4 Å². The predicted octanol–water partition coefficient (Wildman–Crippen LogP) is 0.491. The van der Waals surface area contributed by atoms with Crippen LogP contribution in [0.25, 0.3) is 11.0 Å². The van der Waals surface area contributed by atoms with Crippen molar-refractivity contribution in [3.63, 3.8) is 0 Å². The predicted molar refractivity (Wildman–Crippen MR) is 115 cm³/mol. The lowest BCUT2D eigenvalue weighted by atomic mass is 10.1. The van der Waals surface area contributed by atoms with E-state index < -0.39 is 5.69 Å². The van der Waals surface area contributed by atoms with E-state index in [1.54, 1.807) is 28.8 Å². The van der Waals surface area contributed by atoms with Crippen LogP contribution in [0, 0.1) is 0 Å². The van der Waals surface area contributed by atoms with Crippen LogP contribution in [0.2, 0.25) is 0 Å². The van der Waals surface area contributed by atoms with E-state index in [2.05, 4.69) is 0 Å². The number of carbonyl (C=O) groups excluding carboxylic acids is 1. The Bertz CT molecular complexity index is 1100. The van der Waals surface area contributed by atoms with Gasteiger partial charge in [-0.3, -0.25) is 18.7 Å². The minimum absolute atomic E-state index is 0. The molecule has 0 unspecified atom stereocenters. The Morgan fingerprint density at radius 3 is 2.38 bits per heavy atom. The van der Waals surface area contributed by atoms with E-state index in [0.717, 1.165) is 16.6 Å². The molecule has 2 heterocycles. The number of carbonyl (C=O) groups is 1. The van der Waals surface area contributed by atoms with Crippen molar-refractivity contribution in [1.82, 2.24) is 18.6 Å². The molecule has 1 aromatic carbocycles. The topological polar surface area (TPSA) is 95.3 Å². The smallest absolute Gasteiger partial charge is 0.332 e. The second-order valence-electron chi connectivity index (χ2n) is 6.79. The Balaban J connectivity index is 0.00000300. The molecule has 8 nitrogen and oxygen atoms in total. The molecule has 0 aliphatic heterocycles. The van der Waals surface area contributed by atoms with Gasteiger partial charge in [0.1, 0.15) is 12.2 Å². The van der Waals surface area contributed by atoms with Gasteiger partial charge >= 0.3 is 5.69 Å². The molecule has 2 N–H and O–H groups in total. The molecule has 0 saturated carbocycles. The largest absolute Gasteiger partial charge is 0.340 e. The first-order valence-corrected chi connectivity index (χ1v) is 9.20. The Hall–Kier alpha value is -2.84. The standard InChI is InChI=1S/C20H25N5O3.ClH/c1-22-18-16(19(27)23(2)20(22)28)9-12-25(18)14-17(26)24(13-10-21)11-8-15-6-4-3-5-7-15;/h3-7,9,12H,8,10-11,13-14,21H2,1-2H3;1H. The second-order valence-corrected chi connectivity index (χ2v) is 6.79. The summed E-state index contributed by atoms with van der Waals surface area (Å²) >= 11 is 0. The first-order valence-electron chi connectivity index (χ1n) is 9.20. The first-order chi connectivity index (χ1) is 13.4. The normalized spacial score (nSPS) is 10.7. The molecule has 0 bridgehead atoms. The number of hydrogen-bond acceptors (Lipinski definition) is 4. The van der Waals surface area contributed by atoms with Crippen LogP contribution >= 0.6 is 12.4 Å². The van der Waals surface area contributed by atoms with Crippen molar-refractivity contribution >= 4 is 29.3 Å². The Kier molecular flexibility index (Phi) is 7.41. The fourth-order valence-corrected chi connectivity index (χ4v) is 3.39. The van der Waals surface area contributed by atoms with Gasteiger partial charge in [-0.05, 0) is 18.1 Å². The van der Waals surface area contributed by atoms with E-state index in [1.165, 1.54) is 11.6 Å². The number of amides is 1. The highest BCUT2D eigenvalue weighted by atomic mass is 35.5. The van der Waals surface area contributed by atoms with Crippen LogP contribution in [0.5, 0.6) is 0 Å². The van der Waals surface area contributed by atoms with Gasteiger partial charge in [0.25, 0.3) is 5.56 Å². The maximum atomic E-state index is 12.9. The van der Waals surface area contributed by atoms with Crippen molar-refractivity contribution in [3.8, 4) is 0 Å². The van der Waals surface area contributed by atoms with Crippen LogP contribution in [-0.4, -0.2) is 44.1 Å². The van der Waals surface area contributed by atoms with E-state index in [9.17, 15) is 14.4 Å². The molecule has 0 aliphatic carbocycles. The van der Waals surface area contributed by atoms with Crippen LogP contribution in [0.1, 0.15) is 5.56 Å². The van der Waals surface area contributed by atoms with E-state index in [1.807, 2.05) is 30.3 Å². The average Bonchev–Trinajstić information content (AvgIpc) is 3.12.